The van der Waals surface area contributed by atoms with E-state index >= 15 is 4.39 Å². The number of benzene rings is 2. The Morgan fingerprint density at radius 1 is 1.05 bits per heavy atom. The van der Waals surface area contributed by atoms with Gasteiger partial charge in [0.1, 0.15) is 17.2 Å². The highest BCUT2D eigenvalue weighted by Gasteiger charge is 2.76. The number of hydrogen-bond donors (Lipinski definition) is 3. The Bertz CT molecular complexity index is 1590. The van der Waals surface area contributed by atoms with Crippen molar-refractivity contribution in [3.63, 3.8) is 0 Å². The predicted molar refractivity (Wildman–Crippen MR) is 154 cm³/mol. The molecule has 226 valence electrons. The smallest absolute Gasteiger partial charge is 0.348 e. The van der Waals surface area contributed by atoms with Gasteiger partial charge in [0.15, 0.2) is 11.5 Å². The molecule has 4 aliphatic rings. The van der Waals surface area contributed by atoms with Gasteiger partial charge in [0.25, 0.3) is 0 Å². The third-order valence-electron chi connectivity index (χ3n) is 10.6. The fourth-order valence-electron chi connectivity index (χ4n) is 8.32. The lowest BCUT2D eigenvalue weighted by atomic mass is 9.45. The zero-order valence-electron chi connectivity index (χ0n) is 23.7. The van der Waals surface area contributed by atoms with Crippen LogP contribution >= 0.6 is 11.6 Å². The van der Waals surface area contributed by atoms with E-state index in [0.29, 0.717) is 36.3 Å². The maximum absolute atomic E-state index is 17.3. The van der Waals surface area contributed by atoms with Gasteiger partial charge < -0.3 is 24.8 Å². The number of ether oxygens (including phenoxy) is 2. The first-order valence-corrected chi connectivity index (χ1v) is 14.7. The molecule has 3 fully saturated rings. The van der Waals surface area contributed by atoms with Gasteiger partial charge in [-0.15, -0.1) is 0 Å². The summed E-state index contributed by atoms with van der Waals surface area (Å²) in [7, 11) is 0. The van der Waals surface area contributed by atoms with E-state index in [2.05, 4.69) is 0 Å². The van der Waals surface area contributed by atoms with Crippen molar-refractivity contribution in [3.05, 3.63) is 76.9 Å². The predicted octanol–water partition coefficient (Wildman–Crippen LogP) is 6.19. The number of esters is 1. The number of ketones is 1. The molecule has 7 atom stereocenters. The number of aromatic hydroxyl groups is 1. The third kappa shape index (κ3) is 4.15. The average molecular weight is 611 g/mol. The second kappa shape index (κ2) is 9.92. The fraction of sp³-hybridized carbons (Fsp3) is 0.424. The molecule has 10 heteroatoms. The minimum Gasteiger partial charge on any atom is -0.506 e. The Balaban J connectivity index is 1.27. The zero-order chi connectivity index (χ0) is 30.9. The Hall–Kier alpha value is -3.69. The number of carboxylic acids is 1. The molecule has 0 heterocycles. The first kappa shape index (κ1) is 29.4. The summed E-state index contributed by atoms with van der Waals surface area (Å²) < 4.78 is 28.9. The van der Waals surface area contributed by atoms with Gasteiger partial charge in [-0.05, 0) is 93.5 Å². The molecule has 0 bridgehead atoms. The number of carbonyl (C=O) groups is 3. The first-order chi connectivity index (χ1) is 20.2. The number of phenols is 1. The average Bonchev–Trinajstić information content (AvgIpc) is 3.24. The molecule has 3 saturated carbocycles. The van der Waals surface area contributed by atoms with Crippen molar-refractivity contribution in [3.8, 4) is 17.2 Å². The molecule has 8 nitrogen and oxygen atoms in total. The van der Waals surface area contributed by atoms with Crippen LogP contribution in [-0.2, 0) is 14.3 Å². The fourth-order valence-corrected chi connectivity index (χ4v) is 8.50. The van der Waals surface area contributed by atoms with Gasteiger partial charge in [-0.3, -0.25) is 4.79 Å². The summed E-state index contributed by atoms with van der Waals surface area (Å²) >= 11 is 5.93. The van der Waals surface area contributed by atoms with E-state index in [4.69, 9.17) is 21.1 Å². The first-order valence-electron chi connectivity index (χ1n) is 14.3. The number of fused-ring (bicyclic) bond motifs is 5. The molecule has 0 saturated heterocycles. The summed E-state index contributed by atoms with van der Waals surface area (Å²) in [6.45, 7) is 3.38. The quantitative estimate of drug-likeness (QED) is 0.342. The summed E-state index contributed by atoms with van der Waals surface area (Å²) in [4.78, 5) is 38.5. The van der Waals surface area contributed by atoms with E-state index in [0.717, 1.165) is 0 Å². The Morgan fingerprint density at radius 2 is 1.74 bits per heavy atom. The largest absolute Gasteiger partial charge is 0.506 e. The minimum absolute atomic E-state index is 0.0227. The van der Waals surface area contributed by atoms with Gasteiger partial charge in [-0.2, -0.15) is 0 Å². The molecule has 3 N–H and O–H groups in total. The zero-order valence-corrected chi connectivity index (χ0v) is 24.4. The van der Waals surface area contributed by atoms with Crippen molar-refractivity contribution in [2.75, 3.05) is 0 Å². The van der Waals surface area contributed by atoms with Crippen molar-refractivity contribution >= 4 is 29.3 Å². The van der Waals surface area contributed by atoms with E-state index < -0.39 is 52.0 Å². The molecule has 2 aromatic carbocycles. The van der Waals surface area contributed by atoms with Gasteiger partial charge in [-0.25, -0.2) is 14.0 Å². The van der Waals surface area contributed by atoms with E-state index in [1.54, 1.807) is 19.9 Å². The number of carbonyl (C=O) groups excluding carboxylic acids is 2. The highest BCUT2D eigenvalue weighted by atomic mass is 35.5. The summed E-state index contributed by atoms with van der Waals surface area (Å²) in [6, 6.07) is 10.3. The number of rotatable bonds is 5. The van der Waals surface area contributed by atoms with Gasteiger partial charge in [0.05, 0.1) is 16.7 Å². The Labute approximate surface area is 252 Å². The maximum atomic E-state index is 17.3. The molecule has 2 aromatic rings. The van der Waals surface area contributed by atoms with E-state index in [-0.39, 0.29) is 35.0 Å². The molecule has 4 aliphatic carbocycles. The van der Waals surface area contributed by atoms with Crippen LogP contribution in [0.25, 0.3) is 0 Å². The van der Waals surface area contributed by atoms with Gasteiger partial charge in [0.2, 0.25) is 5.60 Å². The monoisotopic (exact) mass is 610 g/mol. The molecule has 0 spiro atoms. The van der Waals surface area contributed by atoms with Crippen molar-refractivity contribution in [1.82, 2.24) is 0 Å². The number of aliphatic hydroxyl groups excluding tert-OH is 1. The van der Waals surface area contributed by atoms with Gasteiger partial charge >= 0.3 is 11.9 Å². The number of alkyl halides is 1. The van der Waals surface area contributed by atoms with Crippen LogP contribution in [0.3, 0.4) is 0 Å². The van der Waals surface area contributed by atoms with Crippen LogP contribution < -0.4 is 4.74 Å². The summed E-state index contributed by atoms with van der Waals surface area (Å²) in [5.41, 5.74) is -5.82. The van der Waals surface area contributed by atoms with Crippen molar-refractivity contribution in [2.45, 2.75) is 63.3 Å². The van der Waals surface area contributed by atoms with Crippen LogP contribution in [0.15, 0.2) is 66.3 Å². The minimum atomic E-state index is -2.12. The van der Waals surface area contributed by atoms with Crippen molar-refractivity contribution < 1.29 is 43.6 Å². The summed E-state index contributed by atoms with van der Waals surface area (Å²) in [5, 5.41) is 31.8. The molecule has 0 radical (unpaired) electrons. The van der Waals surface area contributed by atoms with Crippen LogP contribution in [0, 0.1) is 22.7 Å². The molecular weight excluding hydrogens is 579 g/mol. The van der Waals surface area contributed by atoms with E-state index in [1.807, 2.05) is 0 Å². The summed E-state index contributed by atoms with van der Waals surface area (Å²) in [6.07, 6.45) is 3.63. The highest BCUT2D eigenvalue weighted by molar-refractivity contribution is 6.32. The number of allylic oxidation sites excluding steroid dienone is 4. The van der Waals surface area contributed by atoms with Crippen LogP contribution in [0.5, 0.6) is 17.2 Å². The number of aliphatic carboxylic acids is 1. The Morgan fingerprint density at radius 3 is 2.42 bits per heavy atom. The molecule has 43 heavy (non-hydrogen) atoms. The molecule has 0 aromatic heterocycles. The SMILES string of the molecule is C[C@]12C=CC(=O)C=C1CC[C@H]1[C@@H]3CC[C@](OC(=O)c4ccc(Oc5ccc(O)c(Cl)c5)cc4)(C(=O)O)[C@@]3(C)C[C@H](O)[C@@]12F. The van der Waals surface area contributed by atoms with Crippen LogP contribution in [0.2, 0.25) is 5.02 Å². The van der Waals surface area contributed by atoms with Crippen molar-refractivity contribution in [1.29, 1.82) is 0 Å². The normalized spacial score (nSPS) is 36.2. The number of hydrogen-bond acceptors (Lipinski definition) is 7. The molecule has 0 amide bonds. The topological polar surface area (TPSA) is 130 Å². The number of halogens is 2. The Kier molecular flexibility index (Phi) is 6.78. The van der Waals surface area contributed by atoms with Gasteiger partial charge in [0, 0.05) is 22.8 Å². The number of aliphatic hydroxyl groups is 1. The van der Waals surface area contributed by atoms with Crippen molar-refractivity contribution in [2.24, 2.45) is 22.7 Å². The molecule has 0 aliphatic heterocycles. The van der Waals surface area contributed by atoms with Gasteiger partial charge in [-0.1, -0.05) is 30.2 Å². The highest BCUT2D eigenvalue weighted by Crippen LogP contribution is 2.70. The second-order valence-electron chi connectivity index (χ2n) is 12.6. The molecule has 0 unspecified atom stereocenters. The second-order valence-corrected chi connectivity index (χ2v) is 13.0. The number of carboxylic acid groups (broad SMARTS) is 1. The summed E-state index contributed by atoms with van der Waals surface area (Å²) in [5.74, 6) is -2.95. The van der Waals surface area contributed by atoms with Crippen LogP contribution in [0.1, 0.15) is 56.3 Å². The molecular formula is C33H32ClFO8. The lowest BCUT2D eigenvalue weighted by Crippen LogP contribution is -2.69. The third-order valence-corrected chi connectivity index (χ3v) is 10.9. The van der Waals surface area contributed by atoms with Crippen LogP contribution in [-0.4, -0.2) is 50.4 Å². The lowest BCUT2D eigenvalue weighted by molar-refractivity contribution is -0.222. The van der Waals surface area contributed by atoms with E-state index in [9.17, 15) is 29.7 Å². The standard InChI is InChI=1S/C33H32ClFO8/c1-30-13-11-20(36)15-19(30)5-9-24-23-12-14-32(29(40)41,31(23,2)17-27(38)33(24,30)35)43-28(39)18-3-6-21(7-4-18)42-22-8-10-26(37)25(34)16-22/h3-4,6-8,10-11,13,15-16,23-24,27,37-38H,5,9,12,14,17H2,1-2H3,(H,40,41)/t23-,24-,27-,30-,31-,32-,33-/m0/s1. The maximum Gasteiger partial charge on any atom is 0.348 e. The number of phenolic OH excluding ortho intramolecular Hbond substituents is 1. The molecule has 6 rings (SSSR count). The van der Waals surface area contributed by atoms with Crippen LogP contribution in [0.4, 0.5) is 4.39 Å². The lowest BCUT2D eigenvalue weighted by Gasteiger charge is -2.62. The van der Waals surface area contributed by atoms with E-state index in [1.165, 1.54) is 54.6 Å².